The summed E-state index contributed by atoms with van der Waals surface area (Å²) in [6.45, 7) is 10.3. The molecule has 0 amide bonds. The lowest BCUT2D eigenvalue weighted by Gasteiger charge is -2.24. The van der Waals surface area contributed by atoms with Crippen LogP contribution in [-0.4, -0.2) is 59.0 Å². The van der Waals surface area contributed by atoms with E-state index in [4.69, 9.17) is 0 Å². The average Bonchev–Trinajstić information content (AvgIpc) is 2.71. The summed E-state index contributed by atoms with van der Waals surface area (Å²) in [4.78, 5) is 4.62. The van der Waals surface area contributed by atoms with Gasteiger partial charge in [0.2, 0.25) is 0 Å². The largest absolute Gasteiger partial charge is 0.392 e. The maximum atomic E-state index is 10.0. The number of β-amino-alcohol motifs (C(OH)–C–C–N with tert-alkyl or cyclic N) is 1. The van der Waals surface area contributed by atoms with Gasteiger partial charge in [-0.15, -0.1) is 11.7 Å². The SMILES string of the molecule is C=CCCC(O)CN1CCCN(c2ccc(C)nn2)CC1. The summed E-state index contributed by atoms with van der Waals surface area (Å²) in [5.41, 5.74) is 0.945. The number of aryl methyl sites for hydroxylation is 1. The topological polar surface area (TPSA) is 52.5 Å². The van der Waals surface area contributed by atoms with Gasteiger partial charge in [-0.3, -0.25) is 4.90 Å². The van der Waals surface area contributed by atoms with E-state index < -0.39 is 0 Å². The molecule has 2 heterocycles. The zero-order chi connectivity index (χ0) is 15.1. The lowest BCUT2D eigenvalue weighted by Crippen LogP contribution is -2.36. The number of anilines is 1. The number of hydrogen-bond acceptors (Lipinski definition) is 5. The smallest absolute Gasteiger partial charge is 0.151 e. The molecule has 0 spiro atoms. The lowest BCUT2D eigenvalue weighted by molar-refractivity contribution is 0.110. The normalized spacial score (nSPS) is 18.3. The van der Waals surface area contributed by atoms with Crippen LogP contribution in [0.15, 0.2) is 24.8 Å². The Bertz CT molecular complexity index is 434. The van der Waals surface area contributed by atoms with Crippen molar-refractivity contribution in [2.75, 3.05) is 37.6 Å². The molecule has 0 saturated carbocycles. The van der Waals surface area contributed by atoms with Crippen LogP contribution in [0.25, 0.3) is 0 Å². The van der Waals surface area contributed by atoms with Crippen molar-refractivity contribution in [1.29, 1.82) is 0 Å². The van der Waals surface area contributed by atoms with Crippen LogP contribution in [0.4, 0.5) is 5.82 Å². The van der Waals surface area contributed by atoms with E-state index >= 15 is 0 Å². The second-order valence-electron chi connectivity index (χ2n) is 5.69. The highest BCUT2D eigenvalue weighted by Crippen LogP contribution is 2.13. The minimum atomic E-state index is -0.256. The van der Waals surface area contributed by atoms with Crippen LogP contribution < -0.4 is 4.90 Å². The fourth-order valence-corrected chi connectivity index (χ4v) is 2.64. The molecule has 116 valence electrons. The molecule has 1 aliphatic rings. The van der Waals surface area contributed by atoms with Gasteiger partial charge in [0.05, 0.1) is 11.8 Å². The van der Waals surface area contributed by atoms with E-state index in [-0.39, 0.29) is 6.10 Å². The highest BCUT2D eigenvalue weighted by Gasteiger charge is 2.18. The Morgan fingerprint density at radius 2 is 2.14 bits per heavy atom. The second-order valence-corrected chi connectivity index (χ2v) is 5.69. The van der Waals surface area contributed by atoms with Crippen LogP contribution in [0.1, 0.15) is 25.0 Å². The fraction of sp³-hybridized carbons (Fsp3) is 0.625. The minimum absolute atomic E-state index is 0.256. The summed E-state index contributed by atoms with van der Waals surface area (Å²) in [6.07, 6.45) is 4.37. The Hall–Kier alpha value is -1.46. The van der Waals surface area contributed by atoms with Crippen LogP contribution >= 0.6 is 0 Å². The number of aliphatic hydroxyl groups is 1. The van der Waals surface area contributed by atoms with Crippen LogP contribution in [0, 0.1) is 6.92 Å². The first-order chi connectivity index (χ1) is 10.2. The number of rotatable bonds is 6. The van der Waals surface area contributed by atoms with Crippen molar-refractivity contribution < 1.29 is 5.11 Å². The zero-order valence-electron chi connectivity index (χ0n) is 12.9. The Kier molecular flexibility index (Phi) is 6.14. The van der Waals surface area contributed by atoms with Gasteiger partial charge in [0.25, 0.3) is 0 Å². The van der Waals surface area contributed by atoms with Gasteiger partial charge < -0.3 is 10.0 Å². The summed E-state index contributed by atoms with van der Waals surface area (Å²) in [5.74, 6) is 0.953. The third-order valence-electron chi connectivity index (χ3n) is 3.87. The zero-order valence-corrected chi connectivity index (χ0v) is 12.9. The molecule has 21 heavy (non-hydrogen) atoms. The molecule has 1 saturated heterocycles. The fourth-order valence-electron chi connectivity index (χ4n) is 2.64. The molecule has 1 unspecified atom stereocenters. The van der Waals surface area contributed by atoms with Crippen molar-refractivity contribution in [3.05, 3.63) is 30.5 Å². The number of allylic oxidation sites excluding steroid dienone is 1. The van der Waals surface area contributed by atoms with Crippen molar-refractivity contribution in [1.82, 2.24) is 15.1 Å². The molecule has 0 aliphatic carbocycles. The van der Waals surface area contributed by atoms with Crippen molar-refractivity contribution in [3.63, 3.8) is 0 Å². The van der Waals surface area contributed by atoms with Gasteiger partial charge in [0.15, 0.2) is 5.82 Å². The molecule has 0 aromatic carbocycles. The van der Waals surface area contributed by atoms with Gasteiger partial charge in [-0.2, -0.15) is 5.10 Å². The van der Waals surface area contributed by atoms with Crippen molar-refractivity contribution in [2.45, 2.75) is 32.3 Å². The molecule has 5 nitrogen and oxygen atoms in total. The summed E-state index contributed by atoms with van der Waals surface area (Å²) >= 11 is 0. The van der Waals surface area contributed by atoms with E-state index in [1.165, 1.54) is 0 Å². The van der Waals surface area contributed by atoms with E-state index in [9.17, 15) is 5.11 Å². The standard InChI is InChI=1S/C16H26N4O/c1-3-4-6-15(21)13-19-9-5-10-20(12-11-19)16-8-7-14(2)17-18-16/h3,7-8,15,21H,1,4-6,9-13H2,2H3. The molecule has 2 rings (SSSR count). The molecule has 1 fully saturated rings. The first kappa shape index (κ1) is 15.9. The molecule has 1 aliphatic heterocycles. The highest BCUT2D eigenvalue weighted by molar-refractivity contribution is 5.37. The number of hydrogen-bond donors (Lipinski definition) is 1. The van der Waals surface area contributed by atoms with Gasteiger partial charge in [0, 0.05) is 26.2 Å². The van der Waals surface area contributed by atoms with Crippen LogP contribution in [0.5, 0.6) is 0 Å². The number of aliphatic hydroxyl groups excluding tert-OH is 1. The van der Waals surface area contributed by atoms with Crippen molar-refractivity contribution in [3.8, 4) is 0 Å². The average molecular weight is 290 g/mol. The Labute approximate surface area is 127 Å². The molecular weight excluding hydrogens is 264 g/mol. The summed E-state index contributed by atoms with van der Waals surface area (Å²) in [6, 6.07) is 4.04. The molecule has 5 heteroatoms. The Morgan fingerprint density at radius 1 is 1.29 bits per heavy atom. The molecule has 1 atom stereocenters. The van der Waals surface area contributed by atoms with Gasteiger partial charge >= 0.3 is 0 Å². The van der Waals surface area contributed by atoms with Crippen LogP contribution in [0.3, 0.4) is 0 Å². The summed E-state index contributed by atoms with van der Waals surface area (Å²) in [5, 5.41) is 18.4. The van der Waals surface area contributed by atoms with E-state index in [1.807, 2.05) is 25.1 Å². The first-order valence-corrected chi connectivity index (χ1v) is 7.75. The van der Waals surface area contributed by atoms with Crippen LogP contribution in [0.2, 0.25) is 0 Å². The van der Waals surface area contributed by atoms with Gasteiger partial charge in [-0.1, -0.05) is 6.08 Å². The predicted molar refractivity (Wildman–Crippen MR) is 85.5 cm³/mol. The van der Waals surface area contributed by atoms with E-state index in [0.717, 1.165) is 63.5 Å². The van der Waals surface area contributed by atoms with E-state index in [1.54, 1.807) is 0 Å². The maximum Gasteiger partial charge on any atom is 0.151 e. The molecule has 1 aromatic heterocycles. The summed E-state index contributed by atoms with van der Waals surface area (Å²) in [7, 11) is 0. The Morgan fingerprint density at radius 3 is 2.86 bits per heavy atom. The van der Waals surface area contributed by atoms with Gasteiger partial charge in [-0.05, 0) is 44.9 Å². The lowest BCUT2D eigenvalue weighted by atomic mass is 10.2. The first-order valence-electron chi connectivity index (χ1n) is 7.75. The molecule has 1 aromatic rings. The van der Waals surface area contributed by atoms with Gasteiger partial charge in [0.1, 0.15) is 0 Å². The molecule has 1 N–H and O–H groups in total. The minimum Gasteiger partial charge on any atom is -0.392 e. The van der Waals surface area contributed by atoms with Crippen LogP contribution in [-0.2, 0) is 0 Å². The Balaban J connectivity index is 1.84. The quantitative estimate of drug-likeness (QED) is 0.807. The molecule has 0 radical (unpaired) electrons. The molecule has 0 bridgehead atoms. The third-order valence-corrected chi connectivity index (χ3v) is 3.87. The highest BCUT2D eigenvalue weighted by atomic mass is 16.3. The van der Waals surface area contributed by atoms with Gasteiger partial charge in [-0.25, -0.2) is 0 Å². The van der Waals surface area contributed by atoms with E-state index in [2.05, 4.69) is 26.6 Å². The summed E-state index contributed by atoms with van der Waals surface area (Å²) < 4.78 is 0. The molecular formula is C16H26N4O. The third kappa shape index (κ3) is 5.10. The number of nitrogens with zero attached hydrogens (tertiary/aromatic N) is 4. The second kappa shape index (κ2) is 8.10. The monoisotopic (exact) mass is 290 g/mol. The van der Waals surface area contributed by atoms with Crippen molar-refractivity contribution in [2.24, 2.45) is 0 Å². The van der Waals surface area contributed by atoms with Crippen molar-refractivity contribution >= 4 is 5.82 Å². The predicted octanol–water partition coefficient (Wildman–Crippen LogP) is 1.62. The van der Waals surface area contributed by atoms with E-state index in [0.29, 0.717) is 0 Å². The maximum absolute atomic E-state index is 10.0. The number of aromatic nitrogens is 2.